The third kappa shape index (κ3) is 10.7. The average molecular weight is 658 g/mol. The lowest BCUT2D eigenvalue weighted by Crippen LogP contribution is -2.38. The summed E-state index contributed by atoms with van der Waals surface area (Å²) in [6, 6.07) is 19.9. The van der Waals surface area contributed by atoms with Crippen molar-refractivity contribution < 1.29 is 9.59 Å². The third-order valence-corrected chi connectivity index (χ3v) is 8.06. The van der Waals surface area contributed by atoms with Gasteiger partial charge in [-0.25, -0.2) is 9.97 Å². The number of amides is 2. The Morgan fingerprint density at radius 3 is 2.26 bits per heavy atom. The van der Waals surface area contributed by atoms with E-state index in [0.717, 1.165) is 60.7 Å². The molecular formula is C35H44ClN9O2. The van der Waals surface area contributed by atoms with E-state index in [-0.39, 0.29) is 28.5 Å². The normalized spacial score (nSPS) is 12.3. The van der Waals surface area contributed by atoms with E-state index < -0.39 is 11.9 Å². The number of nitrogens with one attached hydrogen (secondary N) is 2. The zero-order valence-electron chi connectivity index (χ0n) is 27.2. The van der Waals surface area contributed by atoms with Crippen LogP contribution in [0.2, 0.25) is 5.15 Å². The number of nitrogen functional groups attached to an aromatic ring is 1. The fourth-order valence-corrected chi connectivity index (χ4v) is 5.23. The van der Waals surface area contributed by atoms with E-state index in [9.17, 15) is 9.59 Å². The second kappa shape index (κ2) is 16.8. The molecule has 0 bridgehead atoms. The first-order valence-corrected chi connectivity index (χ1v) is 16.1. The zero-order chi connectivity index (χ0) is 33.9. The van der Waals surface area contributed by atoms with Crippen LogP contribution in [0.3, 0.4) is 0 Å². The van der Waals surface area contributed by atoms with Gasteiger partial charge in [-0.05, 0) is 106 Å². The van der Waals surface area contributed by atoms with E-state index in [2.05, 4.69) is 87.1 Å². The fourth-order valence-electron chi connectivity index (χ4n) is 5.10. The van der Waals surface area contributed by atoms with Gasteiger partial charge in [0.25, 0.3) is 5.91 Å². The summed E-state index contributed by atoms with van der Waals surface area (Å²) >= 11 is 5.95. The minimum Gasteiger partial charge on any atom is -0.382 e. The Morgan fingerprint density at radius 1 is 0.915 bits per heavy atom. The van der Waals surface area contributed by atoms with Crippen LogP contribution in [-0.2, 0) is 24.1 Å². The Hall–Kier alpha value is -4.58. The van der Waals surface area contributed by atoms with Crippen LogP contribution >= 0.6 is 11.6 Å². The maximum atomic E-state index is 12.8. The highest BCUT2D eigenvalue weighted by molar-refractivity contribution is 6.30. The van der Waals surface area contributed by atoms with Crippen molar-refractivity contribution in [1.29, 1.82) is 0 Å². The quantitative estimate of drug-likeness (QED) is 0.0759. The van der Waals surface area contributed by atoms with Gasteiger partial charge in [-0.3, -0.25) is 19.9 Å². The summed E-state index contributed by atoms with van der Waals surface area (Å²) in [7, 11) is 4.14. The molecule has 2 amide bonds. The number of benzene rings is 3. The van der Waals surface area contributed by atoms with Gasteiger partial charge in [0, 0.05) is 12.2 Å². The van der Waals surface area contributed by atoms with Gasteiger partial charge < -0.3 is 27.4 Å². The van der Waals surface area contributed by atoms with Crippen LogP contribution in [0.1, 0.15) is 52.1 Å². The Kier molecular flexibility index (Phi) is 12.6. The first kappa shape index (κ1) is 35.3. The number of aliphatic imine (C=N–C) groups is 1. The largest absolute Gasteiger partial charge is 0.382 e. The number of halogens is 1. The van der Waals surface area contributed by atoms with E-state index in [4.69, 9.17) is 28.8 Å². The number of carbonyl (C=O) groups is 2. The van der Waals surface area contributed by atoms with Gasteiger partial charge >= 0.3 is 0 Å². The number of rotatable bonds is 14. The molecule has 0 radical (unpaired) electrons. The van der Waals surface area contributed by atoms with Gasteiger partial charge in [0.2, 0.25) is 5.91 Å². The van der Waals surface area contributed by atoms with Gasteiger partial charge in [-0.1, -0.05) is 60.1 Å². The molecule has 11 nitrogen and oxygen atoms in total. The molecule has 1 atom stereocenters. The van der Waals surface area contributed by atoms with Gasteiger partial charge in [-0.15, -0.1) is 0 Å². The smallest absolute Gasteiger partial charge is 0.280 e. The molecule has 0 saturated heterocycles. The molecule has 1 aromatic heterocycles. The summed E-state index contributed by atoms with van der Waals surface area (Å²) in [5.74, 6) is -0.870. The van der Waals surface area contributed by atoms with Crippen LogP contribution in [0.25, 0.3) is 10.8 Å². The maximum Gasteiger partial charge on any atom is 0.280 e. The first-order valence-electron chi connectivity index (χ1n) is 15.7. The summed E-state index contributed by atoms with van der Waals surface area (Å²) < 4.78 is 0. The molecule has 4 aromatic rings. The number of aryl methyl sites for hydroxylation is 3. The predicted molar refractivity (Wildman–Crippen MR) is 191 cm³/mol. The average Bonchev–Trinajstić information content (AvgIpc) is 3.03. The highest BCUT2D eigenvalue weighted by Gasteiger charge is 2.17. The Balaban J connectivity index is 1.21. The number of aromatic nitrogens is 2. The Labute approximate surface area is 281 Å². The molecule has 0 aliphatic rings. The number of nitrogens with zero attached hydrogens (tertiary/aromatic N) is 4. The number of carbonyl (C=O) groups excluding carboxylic acids is 2. The SMILES string of the molecule is Cc1nc(N)c(C(=O)NC(N)=NCCCCc2ccc3cc(C[C@H](N)C(=O)Nc4ccc(CCCN(C)C)cc4)ccc3c2)nc1Cl. The second-order valence-corrected chi connectivity index (χ2v) is 12.3. The molecule has 4 rings (SSSR count). The zero-order valence-corrected chi connectivity index (χ0v) is 28.0. The molecule has 47 heavy (non-hydrogen) atoms. The van der Waals surface area contributed by atoms with Crippen molar-refractivity contribution >= 4 is 51.7 Å². The number of hydrogen-bond donors (Lipinski definition) is 5. The summed E-state index contributed by atoms with van der Waals surface area (Å²) in [5, 5.41) is 7.73. The monoisotopic (exact) mass is 657 g/mol. The van der Waals surface area contributed by atoms with Gasteiger partial charge in [0.05, 0.1) is 11.7 Å². The van der Waals surface area contributed by atoms with Crippen LogP contribution in [0.4, 0.5) is 11.5 Å². The van der Waals surface area contributed by atoms with Crippen molar-refractivity contribution in [1.82, 2.24) is 20.2 Å². The number of unbranched alkanes of at least 4 members (excludes halogenated alkanes) is 1. The van der Waals surface area contributed by atoms with E-state index in [1.807, 2.05) is 18.2 Å². The highest BCUT2D eigenvalue weighted by atomic mass is 35.5. The van der Waals surface area contributed by atoms with E-state index in [1.54, 1.807) is 6.92 Å². The van der Waals surface area contributed by atoms with Crippen LogP contribution in [0, 0.1) is 6.92 Å². The lowest BCUT2D eigenvalue weighted by Gasteiger charge is -2.14. The maximum absolute atomic E-state index is 12.8. The molecular weight excluding hydrogens is 614 g/mol. The number of fused-ring (bicyclic) bond motifs is 1. The van der Waals surface area contributed by atoms with Crippen LogP contribution in [0.15, 0.2) is 65.7 Å². The van der Waals surface area contributed by atoms with Crippen molar-refractivity contribution in [2.24, 2.45) is 16.5 Å². The number of hydrogen-bond acceptors (Lipinski definition) is 8. The summed E-state index contributed by atoms with van der Waals surface area (Å²) in [5.41, 5.74) is 22.5. The Bertz CT molecular complexity index is 1720. The number of guanidine groups is 1. The molecule has 0 fully saturated rings. The molecule has 0 spiro atoms. The van der Waals surface area contributed by atoms with Crippen LogP contribution < -0.4 is 27.8 Å². The molecule has 12 heteroatoms. The standard InChI is InChI=1S/C35H44ClN9O2/c1-22-31(36)43-30(32(38)41-22)34(47)44-35(39)40-17-5-4-7-24-9-13-27-20-25(10-14-26(27)19-24)21-29(37)33(46)42-28-15-11-23(12-16-28)8-6-18-45(2)3/h9-16,19-20,29H,4-8,17-18,21,37H2,1-3H3,(H2,38,41)(H,42,46)(H3,39,40,44,47)/t29-/m0/s1. The van der Waals surface area contributed by atoms with Gasteiger partial charge in [0.1, 0.15) is 0 Å². The fraction of sp³-hybridized carbons (Fsp3) is 0.343. The minimum atomic E-state index is -0.663. The van der Waals surface area contributed by atoms with Crippen molar-refractivity contribution in [2.45, 2.75) is 51.5 Å². The molecule has 3 aromatic carbocycles. The van der Waals surface area contributed by atoms with Gasteiger partial charge in [-0.2, -0.15) is 0 Å². The molecule has 0 aliphatic carbocycles. The van der Waals surface area contributed by atoms with Crippen LogP contribution in [0.5, 0.6) is 0 Å². The van der Waals surface area contributed by atoms with E-state index in [0.29, 0.717) is 18.7 Å². The van der Waals surface area contributed by atoms with E-state index >= 15 is 0 Å². The Morgan fingerprint density at radius 2 is 1.55 bits per heavy atom. The molecule has 0 unspecified atom stereocenters. The first-order chi connectivity index (χ1) is 22.5. The highest BCUT2D eigenvalue weighted by Crippen LogP contribution is 2.21. The van der Waals surface area contributed by atoms with E-state index in [1.165, 1.54) is 11.1 Å². The molecule has 8 N–H and O–H groups in total. The molecule has 0 aliphatic heterocycles. The molecule has 0 saturated carbocycles. The lowest BCUT2D eigenvalue weighted by molar-refractivity contribution is -0.117. The molecule has 248 valence electrons. The second-order valence-electron chi connectivity index (χ2n) is 11.9. The lowest BCUT2D eigenvalue weighted by atomic mass is 9.98. The minimum absolute atomic E-state index is 0.0214. The van der Waals surface area contributed by atoms with Gasteiger partial charge in [0.15, 0.2) is 22.6 Å². The number of anilines is 2. The summed E-state index contributed by atoms with van der Waals surface area (Å²) in [4.78, 5) is 39.6. The topological polar surface area (TPSA) is 178 Å². The van der Waals surface area contributed by atoms with Crippen molar-refractivity contribution in [2.75, 3.05) is 38.2 Å². The summed E-state index contributed by atoms with van der Waals surface area (Å²) in [6.45, 7) is 3.14. The summed E-state index contributed by atoms with van der Waals surface area (Å²) in [6.07, 6.45) is 5.08. The number of nitrogens with two attached hydrogens (primary N) is 3. The van der Waals surface area contributed by atoms with Crippen LogP contribution in [-0.4, -0.2) is 65.9 Å². The third-order valence-electron chi connectivity index (χ3n) is 7.71. The van der Waals surface area contributed by atoms with Crippen molar-refractivity contribution in [3.8, 4) is 0 Å². The predicted octanol–water partition coefficient (Wildman–Crippen LogP) is 4.24. The van der Waals surface area contributed by atoms with Crippen molar-refractivity contribution in [3.05, 3.63) is 93.9 Å². The molecule has 1 heterocycles. The van der Waals surface area contributed by atoms with Crippen molar-refractivity contribution in [3.63, 3.8) is 0 Å².